The van der Waals surface area contributed by atoms with E-state index < -0.39 is 10.0 Å². The fourth-order valence-electron chi connectivity index (χ4n) is 3.32. The molecule has 0 saturated carbocycles. The van der Waals surface area contributed by atoms with Gasteiger partial charge in [-0.3, -0.25) is 4.72 Å². The van der Waals surface area contributed by atoms with Gasteiger partial charge in [0, 0.05) is 11.3 Å². The van der Waals surface area contributed by atoms with Crippen LogP contribution in [0.15, 0.2) is 82.3 Å². The van der Waals surface area contributed by atoms with Crippen molar-refractivity contribution in [1.82, 2.24) is 5.43 Å². The zero-order valence-electron chi connectivity index (χ0n) is 15.7. The van der Waals surface area contributed by atoms with Crippen molar-refractivity contribution in [2.45, 2.75) is 24.3 Å². The third kappa shape index (κ3) is 3.93. The van der Waals surface area contributed by atoms with E-state index in [0.717, 1.165) is 17.0 Å². The fraction of sp³-hybridized carbons (Fsp3) is 0.143. The number of rotatable bonds is 5. The standard InChI is InChI=1S/C21H20N3O4S/c1-15(25)24-20(14-19(22-24)21-11-6-12-28-21)16-7-5-8-17(13-16)23-29(26,27)18-9-3-2-4-10-18/h2-13,19,22-23H,14H2,1H3/q+1. The van der Waals surface area contributed by atoms with Crippen LogP contribution < -0.4 is 10.1 Å². The summed E-state index contributed by atoms with van der Waals surface area (Å²) < 4.78 is 34.8. The van der Waals surface area contributed by atoms with Gasteiger partial charge >= 0.3 is 5.91 Å². The molecule has 0 saturated heterocycles. The van der Waals surface area contributed by atoms with Crippen LogP contribution in [0.3, 0.4) is 0 Å². The number of carbonyl (C=O) groups excluding carboxylic acids is 1. The number of carbonyl (C=O) groups is 1. The predicted octanol–water partition coefficient (Wildman–Crippen LogP) is 3.08. The molecule has 7 nitrogen and oxygen atoms in total. The van der Waals surface area contributed by atoms with Gasteiger partial charge in [-0.15, -0.1) is 0 Å². The van der Waals surface area contributed by atoms with E-state index in [2.05, 4.69) is 10.1 Å². The largest absolute Gasteiger partial charge is 0.467 e. The second kappa shape index (κ2) is 7.56. The Labute approximate surface area is 168 Å². The zero-order chi connectivity index (χ0) is 20.4. The lowest BCUT2D eigenvalue weighted by Gasteiger charge is -2.09. The molecule has 1 unspecified atom stereocenters. The maximum absolute atomic E-state index is 12.6. The summed E-state index contributed by atoms with van der Waals surface area (Å²) >= 11 is 0. The maximum Gasteiger partial charge on any atom is 0.411 e. The Morgan fingerprint density at radius 3 is 2.59 bits per heavy atom. The third-order valence-corrected chi connectivity index (χ3v) is 6.05. The van der Waals surface area contributed by atoms with Crippen molar-refractivity contribution in [2.75, 3.05) is 4.72 Å². The van der Waals surface area contributed by atoms with Crippen LogP contribution in [-0.2, 0) is 14.8 Å². The third-order valence-electron chi connectivity index (χ3n) is 4.66. The molecule has 2 heterocycles. The van der Waals surface area contributed by atoms with Crippen molar-refractivity contribution in [3.8, 4) is 0 Å². The van der Waals surface area contributed by atoms with E-state index in [1.54, 1.807) is 48.7 Å². The molecule has 1 amide bonds. The number of nitrogens with zero attached hydrogens (tertiary/aromatic N) is 1. The summed E-state index contributed by atoms with van der Waals surface area (Å²) in [4.78, 5) is 12.3. The highest BCUT2D eigenvalue weighted by atomic mass is 32.2. The molecule has 29 heavy (non-hydrogen) atoms. The first kappa shape index (κ1) is 18.9. The number of hydrazine groups is 1. The number of nitrogens with one attached hydrogen (secondary N) is 2. The number of benzene rings is 2. The van der Waals surface area contributed by atoms with E-state index in [9.17, 15) is 13.2 Å². The lowest BCUT2D eigenvalue weighted by atomic mass is 10.0. The minimum Gasteiger partial charge on any atom is -0.467 e. The molecule has 1 atom stereocenters. The van der Waals surface area contributed by atoms with Gasteiger partial charge in [-0.2, -0.15) is 5.43 Å². The number of sulfonamides is 1. The number of hydrogen-bond acceptors (Lipinski definition) is 5. The zero-order valence-corrected chi connectivity index (χ0v) is 16.5. The summed E-state index contributed by atoms with van der Waals surface area (Å²) in [7, 11) is -3.70. The van der Waals surface area contributed by atoms with Gasteiger partial charge in [0.25, 0.3) is 10.0 Å². The second-order valence-corrected chi connectivity index (χ2v) is 8.38. The van der Waals surface area contributed by atoms with Crippen molar-refractivity contribution < 1.29 is 22.3 Å². The van der Waals surface area contributed by atoms with Gasteiger partial charge in [0.1, 0.15) is 11.8 Å². The molecular formula is C21H20N3O4S+. The van der Waals surface area contributed by atoms with Crippen LogP contribution in [0.4, 0.5) is 5.69 Å². The number of anilines is 1. The second-order valence-electron chi connectivity index (χ2n) is 6.70. The van der Waals surface area contributed by atoms with Gasteiger partial charge in [-0.1, -0.05) is 24.3 Å². The van der Waals surface area contributed by atoms with Crippen molar-refractivity contribution in [3.63, 3.8) is 0 Å². The van der Waals surface area contributed by atoms with Crippen molar-refractivity contribution in [3.05, 3.63) is 84.3 Å². The summed E-state index contributed by atoms with van der Waals surface area (Å²) in [5.41, 5.74) is 5.06. The quantitative estimate of drug-likeness (QED) is 0.631. The Bertz CT molecular complexity index is 1170. The molecule has 148 valence electrons. The molecule has 0 spiro atoms. The Kier molecular flexibility index (Phi) is 4.94. The first-order chi connectivity index (χ1) is 13.9. The van der Waals surface area contributed by atoms with Crippen molar-refractivity contribution in [1.29, 1.82) is 0 Å². The summed E-state index contributed by atoms with van der Waals surface area (Å²) in [5.74, 6) is 0.566. The molecule has 8 heteroatoms. The average molecular weight is 410 g/mol. The minimum atomic E-state index is -3.70. The first-order valence-corrected chi connectivity index (χ1v) is 10.6. The molecule has 0 aliphatic carbocycles. The van der Waals surface area contributed by atoms with Crippen LogP contribution in [-0.4, -0.2) is 24.7 Å². The highest BCUT2D eigenvalue weighted by Gasteiger charge is 2.37. The van der Waals surface area contributed by atoms with Crippen molar-refractivity contribution >= 4 is 27.3 Å². The van der Waals surface area contributed by atoms with E-state index in [4.69, 9.17) is 4.42 Å². The van der Waals surface area contributed by atoms with Crippen LogP contribution in [0, 0.1) is 0 Å². The number of hydrogen-bond donors (Lipinski definition) is 2. The molecule has 0 bridgehead atoms. The van der Waals surface area contributed by atoms with E-state index in [1.807, 2.05) is 12.1 Å². The van der Waals surface area contributed by atoms with Crippen LogP contribution in [0.25, 0.3) is 0 Å². The number of hydrazone groups is 1. The van der Waals surface area contributed by atoms with Gasteiger partial charge in [0.2, 0.25) is 5.71 Å². The van der Waals surface area contributed by atoms with Crippen LogP contribution in [0.1, 0.15) is 30.7 Å². The van der Waals surface area contributed by atoms with Gasteiger partial charge in [0.05, 0.1) is 24.5 Å². The van der Waals surface area contributed by atoms with Gasteiger partial charge < -0.3 is 4.42 Å². The molecule has 2 N–H and O–H groups in total. The molecule has 0 radical (unpaired) electrons. The Balaban J connectivity index is 1.64. The van der Waals surface area contributed by atoms with Gasteiger partial charge in [-0.05, 0) is 47.1 Å². The smallest absolute Gasteiger partial charge is 0.411 e. The van der Waals surface area contributed by atoms with Crippen molar-refractivity contribution in [2.24, 2.45) is 0 Å². The highest BCUT2D eigenvalue weighted by Crippen LogP contribution is 2.26. The number of furan rings is 1. The summed E-state index contributed by atoms with van der Waals surface area (Å²) in [6, 6.07) is 18.6. The Morgan fingerprint density at radius 1 is 1.10 bits per heavy atom. The predicted molar refractivity (Wildman–Crippen MR) is 108 cm³/mol. The number of amides is 1. The van der Waals surface area contributed by atoms with E-state index >= 15 is 0 Å². The normalized spacial score (nSPS) is 16.5. The molecule has 1 aromatic heterocycles. The summed E-state index contributed by atoms with van der Waals surface area (Å²) in [6.07, 6.45) is 2.12. The SMILES string of the molecule is CC(=O)[N+]1=C(c2cccc(NS(=O)(=O)c3ccccc3)c2)CC(c2ccco2)N1. The van der Waals surface area contributed by atoms with E-state index in [-0.39, 0.29) is 16.8 Å². The Morgan fingerprint density at radius 2 is 1.90 bits per heavy atom. The molecule has 3 aromatic rings. The van der Waals surface area contributed by atoms with Crippen LogP contribution >= 0.6 is 0 Å². The highest BCUT2D eigenvalue weighted by molar-refractivity contribution is 7.92. The monoisotopic (exact) mass is 410 g/mol. The molecular weight excluding hydrogens is 390 g/mol. The maximum atomic E-state index is 12.6. The topological polar surface area (TPSA) is 91.4 Å². The fourth-order valence-corrected chi connectivity index (χ4v) is 4.39. The summed E-state index contributed by atoms with van der Waals surface area (Å²) in [5, 5.41) is 0. The lowest BCUT2D eigenvalue weighted by molar-refractivity contribution is -0.504. The van der Waals surface area contributed by atoms with Gasteiger partial charge in [0.15, 0.2) is 0 Å². The van der Waals surface area contributed by atoms with Crippen LogP contribution in [0.2, 0.25) is 0 Å². The molecule has 1 aliphatic rings. The van der Waals surface area contributed by atoms with E-state index in [0.29, 0.717) is 12.1 Å². The summed E-state index contributed by atoms with van der Waals surface area (Å²) in [6.45, 7) is 1.47. The van der Waals surface area contributed by atoms with E-state index in [1.165, 1.54) is 23.7 Å². The van der Waals surface area contributed by atoms with Gasteiger partial charge in [-0.25, -0.2) is 13.2 Å². The van der Waals surface area contributed by atoms with Crippen LogP contribution in [0.5, 0.6) is 0 Å². The lowest BCUT2D eigenvalue weighted by Crippen LogP contribution is -2.32. The molecule has 1 aliphatic heterocycles. The average Bonchev–Trinajstić information content (AvgIpc) is 3.38. The minimum absolute atomic E-state index is 0.163. The molecule has 4 rings (SSSR count). The molecule has 2 aromatic carbocycles. The Hall–Kier alpha value is -3.39. The first-order valence-electron chi connectivity index (χ1n) is 9.08. The molecule has 0 fully saturated rings.